The average Bonchev–Trinajstić information content (AvgIpc) is 3.44. The van der Waals surface area contributed by atoms with Gasteiger partial charge in [-0.05, 0) is 75.7 Å². The Balaban J connectivity index is 1.36. The summed E-state index contributed by atoms with van der Waals surface area (Å²) in [5.41, 5.74) is 0.728. The van der Waals surface area contributed by atoms with E-state index in [4.69, 9.17) is 9.47 Å². The highest BCUT2D eigenvalue weighted by molar-refractivity contribution is 5.29. The zero-order valence-corrected chi connectivity index (χ0v) is 18.0. The summed E-state index contributed by atoms with van der Waals surface area (Å²) in [6.45, 7) is 5.90. The molecule has 0 spiro atoms. The lowest BCUT2D eigenvalue weighted by atomic mass is 9.94. The van der Waals surface area contributed by atoms with Gasteiger partial charge < -0.3 is 14.4 Å². The molecule has 162 valence electrons. The molecule has 29 heavy (non-hydrogen) atoms. The normalized spacial score (nSPS) is 24.6. The molecule has 0 aromatic heterocycles. The zero-order valence-electron chi connectivity index (χ0n) is 18.0. The molecule has 1 saturated carbocycles. The smallest absolute Gasteiger partial charge is 0.127 e. The summed E-state index contributed by atoms with van der Waals surface area (Å²) in [6.07, 6.45) is 10.7. The van der Waals surface area contributed by atoms with Gasteiger partial charge in [-0.2, -0.15) is 0 Å². The highest BCUT2D eigenvalue weighted by atomic mass is 19.1. The fraction of sp³-hybridized carbons (Fsp3) is 0.750. The van der Waals surface area contributed by atoms with Gasteiger partial charge in [-0.1, -0.05) is 12.8 Å². The molecule has 0 bridgehead atoms. The molecule has 4 rings (SSSR count). The van der Waals surface area contributed by atoms with Crippen molar-refractivity contribution in [2.24, 2.45) is 5.92 Å². The number of rotatable bonds is 8. The molecule has 2 heterocycles. The summed E-state index contributed by atoms with van der Waals surface area (Å²) in [5, 5.41) is 0. The van der Waals surface area contributed by atoms with E-state index in [0.29, 0.717) is 18.6 Å². The third-order valence-electron chi connectivity index (χ3n) is 7.14. The van der Waals surface area contributed by atoms with Gasteiger partial charge in [-0.25, -0.2) is 4.39 Å². The Morgan fingerprint density at radius 3 is 2.55 bits per heavy atom. The SMILES string of the molecule is COc1ccc(F)c(CN(CC2CCN(C3CCCC3)CC2)CC2CCCO2)c1. The molecule has 2 aliphatic heterocycles. The van der Waals surface area contributed by atoms with E-state index in [1.54, 1.807) is 13.2 Å². The number of benzene rings is 1. The van der Waals surface area contributed by atoms with Gasteiger partial charge in [-0.3, -0.25) is 4.90 Å². The molecule has 5 heteroatoms. The first-order valence-electron chi connectivity index (χ1n) is 11.6. The van der Waals surface area contributed by atoms with Crippen LogP contribution in [0.1, 0.15) is 56.9 Å². The molecule has 1 atom stereocenters. The second-order valence-electron chi connectivity index (χ2n) is 9.20. The summed E-state index contributed by atoms with van der Waals surface area (Å²) in [5.74, 6) is 1.28. The predicted octanol–water partition coefficient (Wildman–Crippen LogP) is 4.47. The minimum atomic E-state index is -0.140. The van der Waals surface area contributed by atoms with Crippen LogP contribution in [-0.4, -0.2) is 61.8 Å². The van der Waals surface area contributed by atoms with Crippen LogP contribution in [0.4, 0.5) is 4.39 Å². The van der Waals surface area contributed by atoms with E-state index in [2.05, 4.69) is 9.80 Å². The number of piperidine rings is 1. The summed E-state index contributed by atoms with van der Waals surface area (Å²) < 4.78 is 25.7. The van der Waals surface area contributed by atoms with Gasteiger partial charge in [0, 0.05) is 37.8 Å². The van der Waals surface area contributed by atoms with E-state index in [-0.39, 0.29) is 5.82 Å². The first-order chi connectivity index (χ1) is 14.2. The Kier molecular flexibility index (Phi) is 7.44. The van der Waals surface area contributed by atoms with Crippen LogP contribution in [0.5, 0.6) is 5.75 Å². The third kappa shape index (κ3) is 5.71. The Bertz CT molecular complexity index is 636. The summed E-state index contributed by atoms with van der Waals surface area (Å²) >= 11 is 0. The number of methoxy groups -OCH3 is 1. The lowest BCUT2D eigenvalue weighted by Crippen LogP contribution is -2.43. The van der Waals surface area contributed by atoms with Crippen LogP contribution in [0.2, 0.25) is 0 Å². The van der Waals surface area contributed by atoms with Gasteiger partial charge in [0.05, 0.1) is 13.2 Å². The average molecular weight is 405 g/mol. The number of halogens is 1. The topological polar surface area (TPSA) is 24.9 Å². The second kappa shape index (κ2) is 10.2. The van der Waals surface area contributed by atoms with E-state index in [1.807, 2.05) is 6.07 Å². The Labute approximate surface area is 175 Å². The van der Waals surface area contributed by atoms with Crippen molar-refractivity contribution in [2.45, 2.75) is 70.1 Å². The molecule has 1 aromatic rings. The summed E-state index contributed by atoms with van der Waals surface area (Å²) in [7, 11) is 1.64. The van der Waals surface area contributed by atoms with Gasteiger partial charge in [0.1, 0.15) is 11.6 Å². The minimum Gasteiger partial charge on any atom is -0.497 e. The van der Waals surface area contributed by atoms with Crippen LogP contribution in [-0.2, 0) is 11.3 Å². The van der Waals surface area contributed by atoms with Crippen molar-refractivity contribution < 1.29 is 13.9 Å². The van der Waals surface area contributed by atoms with Gasteiger partial charge in [0.2, 0.25) is 0 Å². The first-order valence-corrected chi connectivity index (χ1v) is 11.6. The standard InChI is InChI=1S/C24H37FN2O2/c1-28-22-8-9-24(25)20(15-22)17-26(18-23-7-4-14-29-23)16-19-10-12-27(13-11-19)21-5-2-3-6-21/h8-9,15,19,21,23H,2-7,10-14,16-18H2,1H3. The van der Waals surface area contributed by atoms with E-state index in [1.165, 1.54) is 57.7 Å². The van der Waals surface area contributed by atoms with E-state index in [9.17, 15) is 4.39 Å². The number of hydrogen-bond acceptors (Lipinski definition) is 4. The molecule has 3 fully saturated rings. The van der Waals surface area contributed by atoms with Crippen molar-refractivity contribution in [3.8, 4) is 5.75 Å². The van der Waals surface area contributed by atoms with Gasteiger partial charge >= 0.3 is 0 Å². The molecule has 0 amide bonds. The van der Waals surface area contributed by atoms with Gasteiger partial charge in [-0.15, -0.1) is 0 Å². The largest absolute Gasteiger partial charge is 0.497 e. The zero-order chi connectivity index (χ0) is 20.1. The lowest BCUT2D eigenvalue weighted by Gasteiger charge is -2.38. The second-order valence-corrected chi connectivity index (χ2v) is 9.20. The summed E-state index contributed by atoms with van der Waals surface area (Å²) in [4.78, 5) is 5.17. The lowest BCUT2D eigenvalue weighted by molar-refractivity contribution is 0.0536. The van der Waals surface area contributed by atoms with Crippen LogP contribution in [0.25, 0.3) is 0 Å². The van der Waals surface area contributed by atoms with E-state index in [0.717, 1.165) is 49.9 Å². The molecule has 3 aliphatic rings. The molecule has 4 nitrogen and oxygen atoms in total. The van der Waals surface area contributed by atoms with Crippen molar-refractivity contribution >= 4 is 0 Å². The monoisotopic (exact) mass is 404 g/mol. The molecular weight excluding hydrogens is 367 g/mol. The third-order valence-corrected chi connectivity index (χ3v) is 7.14. The molecule has 1 aromatic carbocycles. The van der Waals surface area contributed by atoms with Crippen LogP contribution < -0.4 is 4.74 Å². The minimum absolute atomic E-state index is 0.140. The van der Waals surface area contributed by atoms with E-state index >= 15 is 0 Å². The van der Waals surface area contributed by atoms with Crippen LogP contribution in [0.3, 0.4) is 0 Å². The van der Waals surface area contributed by atoms with Crippen molar-refractivity contribution in [1.82, 2.24) is 9.80 Å². The quantitative estimate of drug-likeness (QED) is 0.638. The Morgan fingerprint density at radius 2 is 1.86 bits per heavy atom. The molecule has 0 radical (unpaired) electrons. The maximum atomic E-state index is 14.5. The van der Waals surface area contributed by atoms with Crippen LogP contribution in [0.15, 0.2) is 18.2 Å². The fourth-order valence-electron chi connectivity index (χ4n) is 5.46. The molecule has 1 unspecified atom stereocenters. The number of nitrogens with zero attached hydrogens (tertiary/aromatic N) is 2. The fourth-order valence-corrected chi connectivity index (χ4v) is 5.46. The Morgan fingerprint density at radius 1 is 1.07 bits per heavy atom. The van der Waals surface area contributed by atoms with Crippen LogP contribution >= 0.6 is 0 Å². The van der Waals surface area contributed by atoms with E-state index < -0.39 is 0 Å². The molecule has 1 aliphatic carbocycles. The van der Waals surface area contributed by atoms with Crippen LogP contribution in [0, 0.1) is 11.7 Å². The van der Waals surface area contributed by atoms with Crippen molar-refractivity contribution in [3.05, 3.63) is 29.6 Å². The highest BCUT2D eigenvalue weighted by Gasteiger charge is 2.29. The molecule has 2 saturated heterocycles. The number of likely N-dealkylation sites (tertiary alicyclic amines) is 1. The van der Waals surface area contributed by atoms with Crippen molar-refractivity contribution in [1.29, 1.82) is 0 Å². The van der Waals surface area contributed by atoms with Gasteiger partial charge in [0.15, 0.2) is 0 Å². The maximum absolute atomic E-state index is 14.5. The molecule has 0 N–H and O–H groups in total. The number of ether oxygens (including phenoxy) is 2. The first kappa shape index (κ1) is 21.1. The predicted molar refractivity (Wildman–Crippen MR) is 114 cm³/mol. The highest BCUT2D eigenvalue weighted by Crippen LogP contribution is 2.29. The van der Waals surface area contributed by atoms with Crippen molar-refractivity contribution in [2.75, 3.05) is 39.9 Å². The summed E-state index contributed by atoms with van der Waals surface area (Å²) in [6, 6.07) is 5.91. The Hall–Kier alpha value is -1.17. The number of hydrogen-bond donors (Lipinski definition) is 0. The maximum Gasteiger partial charge on any atom is 0.127 e. The van der Waals surface area contributed by atoms with Crippen molar-refractivity contribution in [3.63, 3.8) is 0 Å². The molecular formula is C24H37FN2O2. The van der Waals surface area contributed by atoms with Gasteiger partial charge in [0.25, 0.3) is 0 Å².